The van der Waals surface area contributed by atoms with Crippen LogP contribution >= 0.6 is 11.3 Å². The SMILES string of the molecule is CN1C(=O)C(=NNc2nc3ccccc3s2)C(=O)N(C)S1(=O)=O. The molecule has 1 fully saturated rings. The number of amides is 2. The van der Waals surface area contributed by atoms with Gasteiger partial charge in [0.1, 0.15) is 0 Å². The van der Waals surface area contributed by atoms with Crippen LogP contribution in [0.2, 0.25) is 0 Å². The van der Waals surface area contributed by atoms with Crippen LogP contribution in [0.3, 0.4) is 0 Å². The molecule has 0 radical (unpaired) electrons. The molecule has 1 aromatic carbocycles. The quantitative estimate of drug-likeness (QED) is 0.774. The van der Waals surface area contributed by atoms with E-state index in [2.05, 4.69) is 15.5 Å². The number of thiazole rings is 1. The smallest absolute Gasteiger partial charge is 0.266 e. The predicted molar refractivity (Wildman–Crippen MR) is 85.1 cm³/mol. The van der Waals surface area contributed by atoms with Gasteiger partial charge < -0.3 is 0 Å². The molecule has 0 unspecified atom stereocenters. The Balaban J connectivity index is 1.92. The fourth-order valence-corrected chi connectivity index (χ4v) is 3.67. The van der Waals surface area contributed by atoms with Gasteiger partial charge in [0.05, 0.1) is 10.2 Å². The first-order valence-electron chi connectivity index (χ1n) is 6.33. The van der Waals surface area contributed by atoms with Gasteiger partial charge in [-0.05, 0) is 12.1 Å². The van der Waals surface area contributed by atoms with Gasteiger partial charge in [-0.25, -0.2) is 13.6 Å². The van der Waals surface area contributed by atoms with E-state index in [0.29, 0.717) is 13.7 Å². The molecule has 0 aliphatic carbocycles. The van der Waals surface area contributed by atoms with E-state index in [4.69, 9.17) is 0 Å². The summed E-state index contributed by atoms with van der Waals surface area (Å²) >= 11 is 1.29. The van der Waals surface area contributed by atoms with E-state index in [-0.39, 0.29) is 0 Å². The zero-order valence-electron chi connectivity index (χ0n) is 12.0. The molecule has 3 rings (SSSR count). The average molecular weight is 353 g/mol. The van der Waals surface area contributed by atoms with E-state index >= 15 is 0 Å². The van der Waals surface area contributed by atoms with E-state index in [1.165, 1.54) is 11.3 Å². The number of nitrogens with one attached hydrogen (secondary N) is 1. The highest BCUT2D eigenvalue weighted by molar-refractivity contribution is 7.88. The lowest BCUT2D eigenvalue weighted by molar-refractivity contribution is -0.125. The number of anilines is 1. The maximum Gasteiger partial charge on any atom is 0.330 e. The molecule has 2 amide bonds. The standard InChI is InChI=1S/C12H11N5O4S2/c1-16-10(18)9(11(19)17(2)23(16,20)21)14-15-12-13-7-5-3-4-6-8(7)22-12/h3-6H,1-2H3,(H,13,15). The Morgan fingerprint density at radius 3 is 2.35 bits per heavy atom. The summed E-state index contributed by atoms with van der Waals surface area (Å²) in [6.07, 6.45) is 0. The summed E-state index contributed by atoms with van der Waals surface area (Å²) in [6.45, 7) is 0. The number of benzene rings is 1. The van der Waals surface area contributed by atoms with Crippen LogP contribution in [0.15, 0.2) is 29.4 Å². The number of carbonyl (C=O) groups excluding carboxylic acids is 2. The van der Waals surface area contributed by atoms with Crippen LogP contribution in [0.4, 0.5) is 5.13 Å². The van der Waals surface area contributed by atoms with Crippen molar-refractivity contribution >= 4 is 54.4 Å². The third kappa shape index (κ3) is 2.43. The molecule has 1 aromatic heterocycles. The monoisotopic (exact) mass is 353 g/mol. The van der Waals surface area contributed by atoms with Crippen molar-refractivity contribution in [3.63, 3.8) is 0 Å². The van der Waals surface area contributed by atoms with Gasteiger partial charge in [-0.2, -0.15) is 13.5 Å². The summed E-state index contributed by atoms with van der Waals surface area (Å²) in [4.78, 5) is 28.2. The summed E-state index contributed by atoms with van der Waals surface area (Å²) in [7, 11) is -2.00. The van der Waals surface area contributed by atoms with Gasteiger partial charge in [0, 0.05) is 14.1 Å². The number of para-hydroxylation sites is 1. The Hall–Kier alpha value is -2.53. The van der Waals surface area contributed by atoms with Crippen LogP contribution in [0.1, 0.15) is 0 Å². The molecule has 23 heavy (non-hydrogen) atoms. The minimum atomic E-state index is -4.13. The Morgan fingerprint density at radius 1 is 1.13 bits per heavy atom. The first kappa shape index (κ1) is 15.4. The fourth-order valence-electron chi connectivity index (χ4n) is 1.90. The van der Waals surface area contributed by atoms with E-state index in [9.17, 15) is 18.0 Å². The third-order valence-corrected chi connectivity index (χ3v) is 5.88. The number of hydrogen-bond acceptors (Lipinski definition) is 8. The molecule has 2 heterocycles. The van der Waals surface area contributed by atoms with Crippen molar-refractivity contribution in [1.29, 1.82) is 0 Å². The minimum absolute atomic E-state index is 0.387. The van der Waals surface area contributed by atoms with Crippen molar-refractivity contribution in [2.75, 3.05) is 19.5 Å². The maximum atomic E-state index is 12.0. The van der Waals surface area contributed by atoms with Crippen molar-refractivity contribution in [3.8, 4) is 0 Å². The van der Waals surface area contributed by atoms with Gasteiger partial charge in [-0.1, -0.05) is 23.5 Å². The van der Waals surface area contributed by atoms with E-state index in [1.54, 1.807) is 0 Å². The number of nitrogens with zero attached hydrogens (tertiary/aromatic N) is 4. The number of rotatable bonds is 2. The molecule has 11 heteroatoms. The lowest BCUT2D eigenvalue weighted by Crippen LogP contribution is -2.57. The van der Waals surface area contributed by atoms with Crippen molar-refractivity contribution in [1.82, 2.24) is 13.6 Å². The van der Waals surface area contributed by atoms with Gasteiger partial charge in [0.25, 0.3) is 11.8 Å². The molecular formula is C12H11N5O4S2. The van der Waals surface area contributed by atoms with Gasteiger partial charge in [0.2, 0.25) is 10.8 Å². The molecular weight excluding hydrogens is 342 g/mol. The largest absolute Gasteiger partial charge is 0.330 e. The predicted octanol–water partition coefficient (Wildman–Crippen LogP) is 0.239. The molecule has 1 aliphatic rings. The second-order valence-electron chi connectivity index (χ2n) is 4.61. The van der Waals surface area contributed by atoms with E-state index in [0.717, 1.165) is 24.3 Å². The van der Waals surface area contributed by atoms with Crippen molar-refractivity contribution in [2.24, 2.45) is 5.10 Å². The number of fused-ring (bicyclic) bond motifs is 1. The van der Waals surface area contributed by atoms with Crippen LogP contribution in [0.25, 0.3) is 10.2 Å². The maximum absolute atomic E-state index is 12.0. The van der Waals surface area contributed by atoms with Crippen molar-refractivity contribution < 1.29 is 18.0 Å². The van der Waals surface area contributed by atoms with Crippen LogP contribution in [0, 0.1) is 0 Å². The van der Waals surface area contributed by atoms with Crippen LogP contribution in [-0.2, 0) is 19.8 Å². The number of aromatic nitrogens is 1. The zero-order valence-corrected chi connectivity index (χ0v) is 13.7. The summed E-state index contributed by atoms with van der Waals surface area (Å²) in [5.41, 5.74) is 2.76. The summed E-state index contributed by atoms with van der Waals surface area (Å²) < 4.78 is 25.4. The van der Waals surface area contributed by atoms with Gasteiger partial charge >= 0.3 is 10.2 Å². The third-order valence-electron chi connectivity index (χ3n) is 3.23. The highest BCUT2D eigenvalue weighted by Gasteiger charge is 2.44. The molecule has 2 aromatic rings. The zero-order chi connectivity index (χ0) is 16.8. The number of hydrogen-bond donors (Lipinski definition) is 1. The Kier molecular flexibility index (Phi) is 3.53. The highest BCUT2D eigenvalue weighted by atomic mass is 32.2. The summed E-state index contributed by atoms with van der Waals surface area (Å²) in [5, 5.41) is 4.13. The van der Waals surface area contributed by atoms with E-state index < -0.39 is 27.7 Å². The average Bonchev–Trinajstić information content (AvgIpc) is 2.94. The lowest BCUT2D eigenvalue weighted by Gasteiger charge is -2.29. The first-order chi connectivity index (χ1) is 10.8. The molecule has 0 bridgehead atoms. The number of carbonyl (C=O) groups is 2. The van der Waals surface area contributed by atoms with Crippen molar-refractivity contribution in [3.05, 3.63) is 24.3 Å². The van der Waals surface area contributed by atoms with Crippen LogP contribution < -0.4 is 5.43 Å². The molecule has 120 valence electrons. The molecule has 0 saturated carbocycles. The normalized spacial score (nSPS) is 17.7. The second-order valence-corrected chi connectivity index (χ2v) is 7.63. The molecule has 1 saturated heterocycles. The highest BCUT2D eigenvalue weighted by Crippen LogP contribution is 2.25. The topological polar surface area (TPSA) is 112 Å². The van der Waals surface area contributed by atoms with E-state index in [1.807, 2.05) is 24.3 Å². The molecule has 0 atom stereocenters. The van der Waals surface area contributed by atoms with Gasteiger partial charge in [0.15, 0.2) is 0 Å². The Labute approximate surface area is 135 Å². The Morgan fingerprint density at radius 2 is 1.74 bits per heavy atom. The molecule has 0 spiro atoms. The molecule has 9 nitrogen and oxygen atoms in total. The summed E-state index contributed by atoms with van der Waals surface area (Å²) in [5.74, 6) is -2.00. The first-order valence-corrected chi connectivity index (χ1v) is 8.54. The fraction of sp³-hybridized carbons (Fsp3) is 0.167. The minimum Gasteiger partial charge on any atom is -0.266 e. The lowest BCUT2D eigenvalue weighted by atomic mass is 10.3. The van der Waals surface area contributed by atoms with Crippen molar-refractivity contribution in [2.45, 2.75) is 0 Å². The Bertz CT molecular complexity index is 886. The van der Waals surface area contributed by atoms with Gasteiger partial charge in [-0.15, -0.1) is 0 Å². The van der Waals surface area contributed by atoms with Crippen LogP contribution in [0.5, 0.6) is 0 Å². The molecule has 1 aliphatic heterocycles. The molecule has 1 N–H and O–H groups in total. The summed E-state index contributed by atoms with van der Waals surface area (Å²) in [6, 6.07) is 7.38. The van der Waals surface area contributed by atoms with Gasteiger partial charge in [-0.3, -0.25) is 15.0 Å². The van der Waals surface area contributed by atoms with Crippen LogP contribution in [-0.4, -0.2) is 53.6 Å². The number of hydrazone groups is 1. The second kappa shape index (κ2) is 5.28.